The Morgan fingerprint density at radius 2 is 1.73 bits per heavy atom. The van der Waals surface area contributed by atoms with E-state index in [1.807, 2.05) is 0 Å². The Hall–Kier alpha value is -1.88. The minimum Gasteiger partial charge on any atom is -0.368 e. The van der Waals surface area contributed by atoms with E-state index in [9.17, 15) is 4.79 Å². The molecule has 1 aliphatic heterocycles. The van der Waals surface area contributed by atoms with Crippen LogP contribution in [0.3, 0.4) is 0 Å². The number of aryl methyl sites for hydroxylation is 2. The molecule has 1 atom stereocenters. The quantitative estimate of drug-likeness (QED) is 0.274. The van der Waals surface area contributed by atoms with E-state index in [1.165, 1.54) is 69.1 Å². The lowest BCUT2D eigenvalue weighted by Crippen LogP contribution is -2.34. The van der Waals surface area contributed by atoms with E-state index in [4.69, 9.17) is 9.72 Å². The van der Waals surface area contributed by atoms with Gasteiger partial charge in [-0.3, -0.25) is 4.79 Å². The summed E-state index contributed by atoms with van der Waals surface area (Å²) >= 11 is 0. The molecular formula is C28H45N3O2. The molecule has 0 bridgehead atoms. The van der Waals surface area contributed by atoms with Gasteiger partial charge in [0.2, 0.25) is 5.91 Å². The first-order chi connectivity index (χ1) is 16.3. The largest absolute Gasteiger partial charge is 0.368 e. The maximum Gasteiger partial charge on any atom is 0.249 e. The van der Waals surface area contributed by atoms with Gasteiger partial charge in [-0.25, -0.2) is 4.98 Å². The molecule has 1 N–H and O–H groups in total. The fourth-order valence-electron chi connectivity index (χ4n) is 4.84. The second-order valence-corrected chi connectivity index (χ2v) is 9.60. The lowest BCUT2D eigenvalue weighted by atomic mass is 10.1. The summed E-state index contributed by atoms with van der Waals surface area (Å²) in [4.78, 5) is 17.0. The number of fused-ring (bicyclic) bond motifs is 1. The van der Waals surface area contributed by atoms with Crippen LogP contribution in [0.15, 0.2) is 24.3 Å². The van der Waals surface area contributed by atoms with Crippen LogP contribution in [0.5, 0.6) is 0 Å². The Bertz CT molecular complexity index is 811. The fraction of sp³-hybridized carbons (Fsp3) is 0.714. The molecule has 0 radical (unpaired) electrons. The molecule has 0 aliphatic carbocycles. The highest BCUT2D eigenvalue weighted by atomic mass is 16.5. The molecule has 2 aromatic rings. The predicted molar refractivity (Wildman–Crippen MR) is 136 cm³/mol. The van der Waals surface area contributed by atoms with Crippen molar-refractivity contribution in [2.75, 3.05) is 13.2 Å². The second-order valence-electron chi connectivity index (χ2n) is 9.60. The third-order valence-electron chi connectivity index (χ3n) is 6.82. The lowest BCUT2D eigenvalue weighted by Gasteiger charge is -2.11. The maximum atomic E-state index is 12.0. The zero-order chi connectivity index (χ0) is 23.1. The maximum absolute atomic E-state index is 12.0. The molecule has 5 nitrogen and oxygen atoms in total. The number of carbonyl (C=O) groups is 1. The van der Waals surface area contributed by atoms with E-state index in [0.29, 0.717) is 0 Å². The number of nitrogens with one attached hydrogen (secondary N) is 1. The Morgan fingerprint density at radius 3 is 2.48 bits per heavy atom. The molecule has 0 saturated carbocycles. The van der Waals surface area contributed by atoms with Crippen LogP contribution in [0.25, 0.3) is 11.0 Å². The van der Waals surface area contributed by atoms with Crippen molar-refractivity contribution in [3.63, 3.8) is 0 Å². The van der Waals surface area contributed by atoms with Gasteiger partial charge < -0.3 is 14.6 Å². The van der Waals surface area contributed by atoms with Gasteiger partial charge in [0.05, 0.1) is 11.0 Å². The van der Waals surface area contributed by atoms with E-state index in [-0.39, 0.29) is 12.0 Å². The van der Waals surface area contributed by atoms with Crippen molar-refractivity contribution in [3.8, 4) is 0 Å². The molecule has 2 heterocycles. The van der Waals surface area contributed by atoms with E-state index in [1.54, 1.807) is 0 Å². The van der Waals surface area contributed by atoms with Crippen molar-refractivity contribution in [1.82, 2.24) is 14.9 Å². The van der Waals surface area contributed by atoms with Gasteiger partial charge in [-0.15, -0.1) is 0 Å². The Balaban J connectivity index is 1.36. The average Bonchev–Trinajstić information content (AvgIpc) is 3.49. The Labute approximate surface area is 200 Å². The normalized spacial score (nSPS) is 16.0. The highest BCUT2D eigenvalue weighted by Gasteiger charge is 2.22. The van der Waals surface area contributed by atoms with E-state index < -0.39 is 0 Å². The highest BCUT2D eigenvalue weighted by Crippen LogP contribution is 2.20. The number of imidazole rings is 1. The summed E-state index contributed by atoms with van der Waals surface area (Å²) in [6.45, 7) is 4.82. The predicted octanol–water partition coefficient (Wildman–Crippen LogP) is 6.58. The van der Waals surface area contributed by atoms with Crippen molar-refractivity contribution in [2.24, 2.45) is 0 Å². The van der Waals surface area contributed by atoms with E-state index >= 15 is 0 Å². The fourth-order valence-corrected chi connectivity index (χ4v) is 4.84. The number of unbranched alkanes of at least 4 members (excludes halogenated alkanes) is 10. The first kappa shape index (κ1) is 25.7. The summed E-state index contributed by atoms with van der Waals surface area (Å²) in [5.74, 6) is 1.29. The van der Waals surface area contributed by atoms with Crippen LogP contribution in [0.1, 0.15) is 103 Å². The van der Waals surface area contributed by atoms with Gasteiger partial charge in [0.1, 0.15) is 11.9 Å². The number of ether oxygens (including phenoxy) is 1. The number of hydrogen-bond acceptors (Lipinski definition) is 3. The molecule has 1 fully saturated rings. The number of hydrogen-bond donors (Lipinski definition) is 1. The second kappa shape index (κ2) is 15.1. The van der Waals surface area contributed by atoms with Crippen LogP contribution in [0.4, 0.5) is 0 Å². The van der Waals surface area contributed by atoms with Gasteiger partial charge in [0.15, 0.2) is 0 Å². The Morgan fingerprint density at radius 1 is 1.00 bits per heavy atom. The number of benzene rings is 1. The summed E-state index contributed by atoms with van der Waals surface area (Å²) < 4.78 is 7.90. The number of nitrogens with zero attached hydrogens (tertiary/aromatic N) is 2. The van der Waals surface area contributed by atoms with Gasteiger partial charge in [0.25, 0.3) is 0 Å². The first-order valence-corrected chi connectivity index (χ1v) is 13.6. The highest BCUT2D eigenvalue weighted by molar-refractivity contribution is 5.80. The molecule has 1 amide bonds. The summed E-state index contributed by atoms with van der Waals surface area (Å²) in [7, 11) is 0. The molecule has 1 aliphatic rings. The van der Waals surface area contributed by atoms with Crippen molar-refractivity contribution >= 4 is 16.9 Å². The van der Waals surface area contributed by atoms with Gasteiger partial charge in [-0.1, -0.05) is 76.8 Å². The van der Waals surface area contributed by atoms with Gasteiger partial charge in [0, 0.05) is 26.1 Å². The molecule has 33 heavy (non-hydrogen) atoms. The summed E-state index contributed by atoms with van der Waals surface area (Å²) in [5.41, 5.74) is 2.39. The third kappa shape index (κ3) is 8.77. The van der Waals surface area contributed by atoms with E-state index in [0.717, 1.165) is 63.7 Å². The van der Waals surface area contributed by atoms with Crippen molar-refractivity contribution < 1.29 is 9.53 Å². The molecule has 1 saturated heterocycles. The summed E-state index contributed by atoms with van der Waals surface area (Å²) in [5, 5.41) is 3.03. The van der Waals surface area contributed by atoms with Gasteiger partial charge in [-0.05, 0) is 44.2 Å². The van der Waals surface area contributed by atoms with E-state index in [2.05, 4.69) is 41.1 Å². The topological polar surface area (TPSA) is 56.2 Å². The standard InChI is InChI=1S/C28H45N3O2/c1-2-3-4-5-6-7-8-9-15-22-31-25-18-13-12-17-24(25)30-27(31)20-11-10-14-21-29-28(32)26-19-16-23-33-26/h12-13,17-18,26H,2-11,14-16,19-23H2,1H3,(H,29,32). The summed E-state index contributed by atoms with van der Waals surface area (Å²) in [6, 6.07) is 8.54. The van der Waals surface area contributed by atoms with Crippen molar-refractivity contribution in [2.45, 2.75) is 116 Å². The van der Waals surface area contributed by atoms with Crippen LogP contribution >= 0.6 is 0 Å². The zero-order valence-corrected chi connectivity index (χ0v) is 20.8. The molecule has 1 aromatic carbocycles. The molecular weight excluding hydrogens is 410 g/mol. The van der Waals surface area contributed by atoms with Crippen LogP contribution < -0.4 is 5.32 Å². The minimum absolute atomic E-state index is 0.0650. The first-order valence-electron chi connectivity index (χ1n) is 13.6. The average molecular weight is 456 g/mol. The molecule has 184 valence electrons. The van der Waals surface area contributed by atoms with Crippen LogP contribution in [0, 0.1) is 0 Å². The number of carbonyl (C=O) groups excluding carboxylic acids is 1. The molecule has 3 rings (SSSR count). The molecule has 1 unspecified atom stereocenters. The number of aromatic nitrogens is 2. The lowest BCUT2D eigenvalue weighted by molar-refractivity contribution is -0.130. The van der Waals surface area contributed by atoms with Crippen molar-refractivity contribution in [1.29, 1.82) is 0 Å². The van der Waals surface area contributed by atoms with Gasteiger partial charge in [-0.2, -0.15) is 0 Å². The van der Waals surface area contributed by atoms with Crippen LogP contribution in [-0.4, -0.2) is 34.7 Å². The number of rotatable bonds is 17. The zero-order valence-electron chi connectivity index (χ0n) is 20.8. The monoisotopic (exact) mass is 455 g/mol. The third-order valence-corrected chi connectivity index (χ3v) is 6.82. The SMILES string of the molecule is CCCCCCCCCCCn1c(CCCCCNC(=O)C2CCCO2)nc2ccccc21. The summed E-state index contributed by atoms with van der Waals surface area (Å²) in [6.07, 6.45) is 18.1. The van der Waals surface area contributed by atoms with Crippen molar-refractivity contribution in [3.05, 3.63) is 30.1 Å². The molecule has 0 spiro atoms. The molecule has 1 aromatic heterocycles. The van der Waals surface area contributed by atoms with Crippen LogP contribution in [0.2, 0.25) is 0 Å². The van der Waals surface area contributed by atoms with Crippen LogP contribution in [-0.2, 0) is 22.5 Å². The van der Waals surface area contributed by atoms with Gasteiger partial charge >= 0.3 is 0 Å². The molecule has 5 heteroatoms. The minimum atomic E-state index is -0.217. The number of para-hydroxylation sites is 2. The Kier molecular flexibility index (Phi) is 11.8. The number of amides is 1. The smallest absolute Gasteiger partial charge is 0.249 e.